The summed E-state index contributed by atoms with van der Waals surface area (Å²) in [5.74, 6) is -2.45. The van der Waals surface area contributed by atoms with E-state index < -0.39 is 47.8 Å². The van der Waals surface area contributed by atoms with Gasteiger partial charge in [0, 0.05) is 6.07 Å². The zero-order chi connectivity index (χ0) is 18.3. The number of halogens is 7. The predicted molar refractivity (Wildman–Crippen MR) is 62.7 cm³/mol. The van der Waals surface area contributed by atoms with E-state index in [1.807, 2.05) is 0 Å². The Bertz CT molecular complexity index is 797. The van der Waals surface area contributed by atoms with E-state index in [1.165, 1.54) is 0 Å². The van der Waals surface area contributed by atoms with E-state index in [2.05, 4.69) is 8.37 Å². The first kappa shape index (κ1) is 19.6. The topological polar surface area (TPSA) is 86.7 Å². The molecule has 0 heterocycles. The standard InChI is InChI=1S/C8H3ClF6O6S2/c9-5-2-1-4(20-22(16,17)7(10,11)12)3-6(5)21-23(18,19)8(13,14)15/h1-3H. The van der Waals surface area contributed by atoms with Crippen molar-refractivity contribution in [3.05, 3.63) is 23.2 Å². The second-order valence-corrected chi connectivity index (χ2v) is 7.04. The Balaban J connectivity index is 3.21. The van der Waals surface area contributed by atoms with Crippen molar-refractivity contribution >= 4 is 31.8 Å². The molecule has 0 aliphatic heterocycles. The normalized spacial score (nSPS) is 13.7. The fraction of sp³-hybridized carbons (Fsp3) is 0.250. The molecule has 0 aliphatic rings. The Morgan fingerprint density at radius 1 is 0.826 bits per heavy atom. The van der Waals surface area contributed by atoms with Crippen LogP contribution in [-0.2, 0) is 20.2 Å². The average molecular weight is 409 g/mol. The van der Waals surface area contributed by atoms with Crippen LogP contribution < -0.4 is 8.37 Å². The van der Waals surface area contributed by atoms with Gasteiger partial charge < -0.3 is 8.37 Å². The molecule has 1 rings (SSSR count). The van der Waals surface area contributed by atoms with Crippen LogP contribution in [0.4, 0.5) is 26.3 Å². The fourth-order valence-corrected chi connectivity index (χ4v) is 2.06. The van der Waals surface area contributed by atoms with E-state index in [0.717, 1.165) is 0 Å². The second-order valence-electron chi connectivity index (χ2n) is 3.56. The largest absolute Gasteiger partial charge is 0.534 e. The maximum Gasteiger partial charge on any atom is 0.534 e. The summed E-state index contributed by atoms with van der Waals surface area (Å²) in [5.41, 5.74) is -11.7. The highest BCUT2D eigenvalue weighted by Crippen LogP contribution is 2.35. The highest BCUT2D eigenvalue weighted by Gasteiger charge is 2.50. The third-order valence-corrected chi connectivity index (χ3v) is 4.13. The summed E-state index contributed by atoms with van der Waals surface area (Å²) in [5, 5.41) is -0.755. The Morgan fingerprint density at radius 3 is 1.70 bits per heavy atom. The van der Waals surface area contributed by atoms with Crippen LogP contribution in [0.1, 0.15) is 0 Å². The molecule has 23 heavy (non-hydrogen) atoms. The van der Waals surface area contributed by atoms with Gasteiger partial charge in [-0.3, -0.25) is 0 Å². The average Bonchev–Trinajstić information content (AvgIpc) is 2.29. The van der Waals surface area contributed by atoms with Gasteiger partial charge >= 0.3 is 31.3 Å². The van der Waals surface area contributed by atoms with Crippen LogP contribution in [-0.4, -0.2) is 27.9 Å². The zero-order valence-corrected chi connectivity index (χ0v) is 12.5. The van der Waals surface area contributed by atoms with Gasteiger partial charge in [0.15, 0.2) is 5.75 Å². The van der Waals surface area contributed by atoms with Crippen molar-refractivity contribution in [2.75, 3.05) is 0 Å². The Kier molecular flexibility index (Phi) is 5.04. The van der Waals surface area contributed by atoms with Gasteiger partial charge in [0.05, 0.1) is 5.02 Å². The Hall–Kier alpha value is -1.41. The molecule has 0 N–H and O–H groups in total. The lowest BCUT2D eigenvalue weighted by Gasteiger charge is -2.13. The van der Waals surface area contributed by atoms with Crippen LogP contribution in [0.5, 0.6) is 11.5 Å². The fourth-order valence-electron chi connectivity index (χ4n) is 0.939. The van der Waals surface area contributed by atoms with Crippen molar-refractivity contribution in [3.8, 4) is 11.5 Å². The summed E-state index contributed by atoms with van der Waals surface area (Å²) in [7, 11) is -12.3. The van der Waals surface area contributed by atoms with Crippen LogP contribution in [0.25, 0.3) is 0 Å². The monoisotopic (exact) mass is 408 g/mol. The molecule has 15 heteroatoms. The van der Waals surface area contributed by atoms with E-state index in [0.29, 0.717) is 12.1 Å². The van der Waals surface area contributed by atoms with Gasteiger partial charge in [-0.2, -0.15) is 43.2 Å². The smallest absolute Gasteiger partial charge is 0.376 e. The SMILES string of the molecule is O=S(=O)(Oc1ccc(Cl)c(OS(=O)(=O)C(F)(F)F)c1)C(F)(F)F. The molecule has 0 aromatic heterocycles. The van der Waals surface area contributed by atoms with Crippen molar-refractivity contribution in [1.82, 2.24) is 0 Å². The minimum atomic E-state index is -6.17. The molecule has 0 spiro atoms. The van der Waals surface area contributed by atoms with Crippen molar-refractivity contribution in [2.24, 2.45) is 0 Å². The van der Waals surface area contributed by atoms with E-state index in [9.17, 15) is 43.2 Å². The summed E-state index contributed by atoms with van der Waals surface area (Å²) < 4.78 is 123. The number of alkyl halides is 6. The zero-order valence-electron chi connectivity index (χ0n) is 10.1. The molecule has 1 aromatic carbocycles. The molecule has 0 bridgehead atoms. The summed E-state index contributed by atoms with van der Waals surface area (Å²) in [6, 6.07) is 1.25. The second kappa shape index (κ2) is 5.90. The number of hydrogen-bond donors (Lipinski definition) is 0. The summed E-state index contributed by atoms with van der Waals surface area (Å²) in [6.45, 7) is 0. The number of rotatable bonds is 4. The first-order valence-corrected chi connectivity index (χ1v) is 8.07. The van der Waals surface area contributed by atoms with Gasteiger partial charge in [0.1, 0.15) is 5.75 Å². The summed E-state index contributed by atoms with van der Waals surface area (Å²) in [6.07, 6.45) is 0. The van der Waals surface area contributed by atoms with E-state index >= 15 is 0 Å². The van der Waals surface area contributed by atoms with Gasteiger partial charge in [-0.05, 0) is 12.1 Å². The summed E-state index contributed by atoms with van der Waals surface area (Å²) >= 11 is 5.33. The molecule has 0 amide bonds. The highest BCUT2D eigenvalue weighted by atomic mass is 35.5. The van der Waals surface area contributed by atoms with Crippen LogP contribution >= 0.6 is 11.6 Å². The molecule has 0 saturated carbocycles. The quantitative estimate of drug-likeness (QED) is 0.432. The minimum absolute atomic E-state index is 0.134. The molecular weight excluding hydrogens is 406 g/mol. The molecule has 0 unspecified atom stereocenters. The molecule has 132 valence electrons. The van der Waals surface area contributed by atoms with Gasteiger partial charge in [-0.25, -0.2) is 0 Å². The molecule has 6 nitrogen and oxygen atoms in total. The molecule has 0 fully saturated rings. The Morgan fingerprint density at radius 2 is 1.26 bits per heavy atom. The van der Waals surface area contributed by atoms with Crippen LogP contribution in [0.15, 0.2) is 18.2 Å². The third kappa shape index (κ3) is 4.54. The molecule has 0 aliphatic carbocycles. The van der Waals surface area contributed by atoms with Crippen LogP contribution in [0.2, 0.25) is 5.02 Å². The van der Waals surface area contributed by atoms with Crippen molar-refractivity contribution in [2.45, 2.75) is 11.0 Å². The Labute approximate surface area is 129 Å². The lowest BCUT2D eigenvalue weighted by atomic mass is 10.3. The highest BCUT2D eigenvalue weighted by molar-refractivity contribution is 7.88. The molecule has 0 radical (unpaired) electrons. The van der Waals surface area contributed by atoms with Gasteiger partial charge in [-0.1, -0.05) is 11.6 Å². The van der Waals surface area contributed by atoms with Gasteiger partial charge in [0.25, 0.3) is 0 Å². The molecule has 0 atom stereocenters. The first-order valence-electron chi connectivity index (χ1n) is 4.88. The molecule has 0 saturated heterocycles. The maximum absolute atomic E-state index is 12.1. The van der Waals surface area contributed by atoms with Gasteiger partial charge in [0.2, 0.25) is 0 Å². The van der Waals surface area contributed by atoms with E-state index in [1.54, 1.807) is 0 Å². The van der Waals surface area contributed by atoms with Crippen LogP contribution in [0.3, 0.4) is 0 Å². The van der Waals surface area contributed by atoms with E-state index in [-0.39, 0.29) is 6.07 Å². The minimum Gasteiger partial charge on any atom is -0.376 e. The van der Waals surface area contributed by atoms with E-state index in [4.69, 9.17) is 11.6 Å². The summed E-state index contributed by atoms with van der Waals surface area (Å²) in [4.78, 5) is 0. The van der Waals surface area contributed by atoms with Crippen molar-refractivity contribution in [3.63, 3.8) is 0 Å². The van der Waals surface area contributed by atoms with Crippen molar-refractivity contribution in [1.29, 1.82) is 0 Å². The maximum atomic E-state index is 12.1. The molecular formula is C8H3ClF6O6S2. The lowest BCUT2D eigenvalue weighted by molar-refractivity contribution is -0.0502. The first-order chi connectivity index (χ1) is 10.1. The predicted octanol–water partition coefficient (Wildman–Crippen LogP) is 2.80. The third-order valence-electron chi connectivity index (χ3n) is 1.88. The van der Waals surface area contributed by atoms with Crippen molar-refractivity contribution < 1.29 is 51.5 Å². The lowest BCUT2D eigenvalue weighted by Crippen LogP contribution is -2.29. The number of benzene rings is 1. The number of hydrogen-bond acceptors (Lipinski definition) is 6. The molecule has 1 aromatic rings. The van der Waals surface area contributed by atoms with Gasteiger partial charge in [-0.15, -0.1) is 0 Å². The van der Waals surface area contributed by atoms with Crippen LogP contribution in [0, 0.1) is 0 Å².